The van der Waals surface area contributed by atoms with Crippen molar-refractivity contribution in [3.8, 4) is 11.5 Å². The summed E-state index contributed by atoms with van der Waals surface area (Å²) >= 11 is 0. The summed E-state index contributed by atoms with van der Waals surface area (Å²) in [4.78, 5) is 25.0. The number of carbonyl (C=O) groups excluding carboxylic acids is 1. The van der Waals surface area contributed by atoms with Crippen LogP contribution in [0.1, 0.15) is 25.2 Å². The Labute approximate surface area is 151 Å². The van der Waals surface area contributed by atoms with E-state index in [1.54, 1.807) is 18.6 Å². The zero-order valence-corrected chi connectivity index (χ0v) is 14.9. The SMILES string of the molecule is Cc1ccc(NC(C)(C)C(=O)NCc2nc(-c3cnccn3)n[nH]2)cc1. The Morgan fingerprint density at radius 1 is 1.19 bits per heavy atom. The van der Waals surface area contributed by atoms with Gasteiger partial charge in [-0.3, -0.25) is 14.9 Å². The van der Waals surface area contributed by atoms with Gasteiger partial charge in [0.05, 0.1) is 12.7 Å². The molecule has 0 aliphatic heterocycles. The number of hydrogen-bond acceptors (Lipinski definition) is 6. The summed E-state index contributed by atoms with van der Waals surface area (Å²) < 4.78 is 0. The van der Waals surface area contributed by atoms with E-state index in [9.17, 15) is 4.79 Å². The molecule has 0 aliphatic carbocycles. The van der Waals surface area contributed by atoms with Gasteiger partial charge in [-0.15, -0.1) is 0 Å². The van der Waals surface area contributed by atoms with E-state index in [1.807, 2.05) is 45.0 Å². The average Bonchev–Trinajstić information content (AvgIpc) is 3.11. The molecule has 3 rings (SSSR count). The zero-order valence-electron chi connectivity index (χ0n) is 14.9. The molecule has 0 bridgehead atoms. The molecule has 2 heterocycles. The third-order valence-corrected chi connectivity index (χ3v) is 3.82. The van der Waals surface area contributed by atoms with Gasteiger partial charge in [-0.2, -0.15) is 5.10 Å². The molecule has 8 heteroatoms. The van der Waals surface area contributed by atoms with Crippen LogP contribution < -0.4 is 10.6 Å². The van der Waals surface area contributed by atoms with Gasteiger partial charge in [0.1, 0.15) is 17.1 Å². The van der Waals surface area contributed by atoms with Crippen LogP contribution in [0.25, 0.3) is 11.5 Å². The van der Waals surface area contributed by atoms with Crippen molar-refractivity contribution in [3.63, 3.8) is 0 Å². The van der Waals surface area contributed by atoms with Crippen molar-refractivity contribution in [3.05, 3.63) is 54.2 Å². The third-order valence-electron chi connectivity index (χ3n) is 3.82. The summed E-state index contributed by atoms with van der Waals surface area (Å²) in [5.74, 6) is 0.847. The number of aromatic nitrogens is 5. The van der Waals surface area contributed by atoms with Gasteiger partial charge in [0.2, 0.25) is 11.7 Å². The fourth-order valence-electron chi connectivity index (χ4n) is 2.34. The van der Waals surface area contributed by atoms with Gasteiger partial charge in [0.25, 0.3) is 0 Å². The predicted molar refractivity (Wildman–Crippen MR) is 98.1 cm³/mol. The van der Waals surface area contributed by atoms with Crippen LogP contribution in [-0.4, -0.2) is 36.6 Å². The van der Waals surface area contributed by atoms with Crippen molar-refractivity contribution in [2.45, 2.75) is 32.9 Å². The molecule has 0 saturated carbocycles. The molecule has 1 amide bonds. The second-order valence-corrected chi connectivity index (χ2v) is 6.50. The summed E-state index contributed by atoms with van der Waals surface area (Å²) in [5, 5.41) is 13.0. The molecule has 0 radical (unpaired) electrons. The molecule has 134 valence electrons. The van der Waals surface area contributed by atoms with Gasteiger partial charge in [-0.25, -0.2) is 9.97 Å². The van der Waals surface area contributed by atoms with Crippen molar-refractivity contribution in [2.24, 2.45) is 0 Å². The van der Waals surface area contributed by atoms with E-state index in [0.717, 1.165) is 5.69 Å². The molecule has 3 N–H and O–H groups in total. The van der Waals surface area contributed by atoms with Crippen LogP contribution in [0.15, 0.2) is 42.9 Å². The Morgan fingerprint density at radius 3 is 2.65 bits per heavy atom. The van der Waals surface area contributed by atoms with Crippen LogP contribution in [0, 0.1) is 6.92 Å². The molecule has 0 atom stereocenters. The number of amides is 1. The molecule has 0 fully saturated rings. The quantitative estimate of drug-likeness (QED) is 0.627. The number of benzene rings is 1. The number of aryl methyl sites for hydroxylation is 1. The number of nitrogens with one attached hydrogen (secondary N) is 3. The van der Waals surface area contributed by atoms with Crippen molar-refractivity contribution < 1.29 is 4.79 Å². The number of carbonyl (C=O) groups is 1. The first-order valence-electron chi connectivity index (χ1n) is 8.25. The number of nitrogens with zero attached hydrogens (tertiary/aromatic N) is 4. The van der Waals surface area contributed by atoms with Crippen LogP contribution in [0.5, 0.6) is 0 Å². The molecule has 2 aromatic heterocycles. The Morgan fingerprint density at radius 2 is 1.96 bits per heavy atom. The molecule has 0 unspecified atom stereocenters. The topological polar surface area (TPSA) is 108 Å². The highest BCUT2D eigenvalue weighted by Crippen LogP contribution is 2.16. The monoisotopic (exact) mass is 351 g/mol. The first-order valence-corrected chi connectivity index (χ1v) is 8.25. The van der Waals surface area contributed by atoms with Crippen LogP contribution in [0.4, 0.5) is 5.69 Å². The van der Waals surface area contributed by atoms with Crippen LogP contribution in [-0.2, 0) is 11.3 Å². The van der Waals surface area contributed by atoms with Crippen LogP contribution >= 0.6 is 0 Å². The van der Waals surface area contributed by atoms with Crippen LogP contribution in [0.2, 0.25) is 0 Å². The fraction of sp³-hybridized carbons (Fsp3) is 0.278. The highest BCUT2D eigenvalue weighted by atomic mass is 16.2. The molecule has 0 saturated heterocycles. The van der Waals surface area contributed by atoms with Gasteiger partial charge >= 0.3 is 0 Å². The van der Waals surface area contributed by atoms with E-state index >= 15 is 0 Å². The second kappa shape index (κ2) is 7.30. The minimum absolute atomic E-state index is 0.143. The maximum absolute atomic E-state index is 12.5. The number of anilines is 1. The lowest BCUT2D eigenvalue weighted by Gasteiger charge is -2.26. The number of H-pyrrole nitrogens is 1. The summed E-state index contributed by atoms with van der Waals surface area (Å²) in [6, 6.07) is 7.90. The standard InChI is InChI=1S/C18H21N7O/c1-12-4-6-13(7-5-12)23-18(2,3)17(26)21-11-15-22-16(25-24-15)14-10-19-8-9-20-14/h4-10,23H,11H2,1-3H3,(H,21,26)(H,22,24,25). The molecule has 0 aliphatic rings. The van der Waals surface area contributed by atoms with E-state index in [2.05, 4.69) is 35.8 Å². The Hall–Kier alpha value is -3.29. The Kier molecular flexibility index (Phi) is 4.92. The first kappa shape index (κ1) is 17.5. The molecular formula is C18H21N7O. The summed E-state index contributed by atoms with van der Waals surface area (Å²) in [7, 11) is 0. The Balaban J connectivity index is 1.59. The number of aromatic amines is 1. The van der Waals surface area contributed by atoms with Gasteiger partial charge < -0.3 is 10.6 Å². The fourth-order valence-corrected chi connectivity index (χ4v) is 2.34. The van der Waals surface area contributed by atoms with Crippen molar-refractivity contribution in [1.29, 1.82) is 0 Å². The van der Waals surface area contributed by atoms with Gasteiger partial charge in [0.15, 0.2) is 0 Å². The molecule has 26 heavy (non-hydrogen) atoms. The maximum Gasteiger partial charge on any atom is 0.245 e. The van der Waals surface area contributed by atoms with Crippen molar-refractivity contribution in [2.75, 3.05) is 5.32 Å². The smallest absolute Gasteiger partial charge is 0.245 e. The lowest BCUT2D eigenvalue weighted by atomic mass is 10.0. The molecule has 8 nitrogen and oxygen atoms in total. The van der Waals surface area contributed by atoms with Crippen LogP contribution in [0.3, 0.4) is 0 Å². The van der Waals surface area contributed by atoms with Gasteiger partial charge in [-0.05, 0) is 32.9 Å². The van der Waals surface area contributed by atoms with E-state index in [0.29, 0.717) is 17.3 Å². The van der Waals surface area contributed by atoms with E-state index in [1.165, 1.54) is 5.56 Å². The van der Waals surface area contributed by atoms with E-state index < -0.39 is 5.54 Å². The zero-order chi connectivity index (χ0) is 18.6. The largest absolute Gasteiger partial charge is 0.372 e. The minimum atomic E-state index is -0.775. The van der Waals surface area contributed by atoms with Gasteiger partial charge in [-0.1, -0.05) is 17.7 Å². The summed E-state index contributed by atoms with van der Waals surface area (Å²) in [5.41, 5.74) is 1.85. The number of hydrogen-bond donors (Lipinski definition) is 3. The van der Waals surface area contributed by atoms with Crippen molar-refractivity contribution in [1.82, 2.24) is 30.5 Å². The highest BCUT2D eigenvalue weighted by Gasteiger charge is 2.27. The van der Waals surface area contributed by atoms with Crippen molar-refractivity contribution >= 4 is 11.6 Å². The normalized spacial score (nSPS) is 11.2. The predicted octanol–water partition coefficient (Wildman–Crippen LogP) is 2.08. The number of rotatable bonds is 6. The Bertz CT molecular complexity index is 872. The molecule has 1 aromatic carbocycles. The van der Waals surface area contributed by atoms with E-state index in [4.69, 9.17) is 0 Å². The highest BCUT2D eigenvalue weighted by molar-refractivity contribution is 5.88. The lowest BCUT2D eigenvalue weighted by Crippen LogP contribution is -2.47. The first-order chi connectivity index (χ1) is 12.4. The second-order valence-electron chi connectivity index (χ2n) is 6.50. The molecule has 3 aromatic rings. The molecule has 0 spiro atoms. The summed E-state index contributed by atoms with van der Waals surface area (Å²) in [6.07, 6.45) is 4.74. The van der Waals surface area contributed by atoms with Gasteiger partial charge in [0, 0.05) is 18.1 Å². The maximum atomic E-state index is 12.5. The third kappa shape index (κ3) is 4.21. The molecular weight excluding hydrogens is 330 g/mol. The lowest BCUT2D eigenvalue weighted by molar-refractivity contribution is -0.124. The van der Waals surface area contributed by atoms with E-state index in [-0.39, 0.29) is 12.5 Å². The minimum Gasteiger partial charge on any atom is -0.372 e. The average molecular weight is 351 g/mol. The summed E-state index contributed by atoms with van der Waals surface area (Å²) in [6.45, 7) is 5.92.